The van der Waals surface area contributed by atoms with Crippen LogP contribution in [0.4, 0.5) is 5.69 Å². The first kappa shape index (κ1) is 16.0. The summed E-state index contributed by atoms with van der Waals surface area (Å²) >= 11 is 0. The summed E-state index contributed by atoms with van der Waals surface area (Å²) in [5.74, 6) is 0.101. The van der Waals surface area contributed by atoms with E-state index in [1.807, 2.05) is 6.92 Å². The first-order valence-electron chi connectivity index (χ1n) is 6.65. The Balaban J connectivity index is 2.70. The van der Waals surface area contributed by atoms with Gasteiger partial charge in [-0.1, -0.05) is 6.92 Å². The lowest BCUT2D eigenvalue weighted by atomic mass is 9.91. The van der Waals surface area contributed by atoms with Gasteiger partial charge in [-0.3, -0.25) is 9.59 Å². The smallest absolute Gasteiger partial charge is 0.239 e. The van der Waals surface area contributed by atoms with Crippen LogP contribution in [0.1, 0.15) is 27.2 Å². The topological polar surface area (TPSA) is 67.4 Å². The monoisotopic (exact) mass is 278 g/mol. The van der Waals surface area contributed by atoms with E-state index in [0.717, 1.165) is 6.42 Å². The summed E-state index contributed by atoms with van der Waals surface area (Å²) in [4.78, 5) is 24.2. The van der Waals surface area contributed by atoms with Crippen LogP contribution in [-0.4, -0.2) is 25.5 Å². The molecule has 2 amide bonds. The maximum atomic E-state index is 12.2. The Bertz CT molecular complexity index is 467. The fourth-order valence-corrected chi connectivity index (χ4v) is 1.52. The van der Waals surface area contributed by atoms with Gasteiger partial charge in [0.1, 0.15) is 11.2 Å². The molecule has 5 nitrogen and oxygen atoms in total. The van der Waals surface area contributed by atoms with Gasteiger partial charge in [-0.25, -0.2) is 0 Å². The Morgan fingerprint density at radius 2 is 1.75 bits per heavy atom. The second-order valence-corrected chi connectivity index (χ2v) is 5.06. The van der Waals surface area contributed by atoms with E-state index in [0.29, 0.717) is 18.0 Å². The molecule has 0 aliphatic heterocycles. The van der Waals surface area contributed by atoms with Crippen LogP contribution in [0.15, 0.2) is 24.3 Å². The predicted octanol–water partition coefficient (Wildman–Crippen LogP) is 2.19. The van der Waals surface area contributed by atoms with E-state index in [2.05, 4.69) is 10.6 Å². The number of ether oxygens (including phenoxy) is 1. The Labute approximate surface area is 119 Å². The van der Waals surface area contributed by atoms with Gasteiger partial charge in [0.15, 0.2) is 0 Å². The molecule has 0 aromatic heterocycles. The maximum absolute atomic E-state index is 12.2. The molecular weight excluding hydrogens is 256 g/mol. The van der Waals surface area contributed by atoms with E-state index in [1.54, 1.807) is 45.2 Å². The molecule has 0 radical (unpaired) electrons. The molecule has 0 fully saturated rings. The minimum Gasteiger partial charge on any atom is -0.497 e. The van der Waals surface area contributed by atoms with Crippen LogP contribution in [-0.2, 0) is 9.59 Å². The van der Waals surface area contributed by atoms with Crippen LogP contribution in [0, 0.1) is 5.41 Å². The van der Waals surface area contributed by atoms with Gasteiger partial charge in [0.2, 0.25) is 11.8 Å². The third-order valence-electron chi connectivity index (χ3n) is 3.02. The quantitative estimate of drug-likeness (QED) is 0.784. The van der Waals surface area contributed by atoms with Gasteiger partial charge in [0.25, 0.3) is 0 Å². The number of anilines is 1. The average molecular weight is 278 g/mol. The van der Waals surface area contributed by atoms with E-state index in [1.165, 1.54) is 0 Å². The number of carbonyl (C=O) groups is 2. The number of amides is 2. The maximum Gasteiger partial charge on any atom is 0.239 e. The van der Waals surface area contributed by atoms with E-state index in [9.17, 15) is 9.59 Å². The molecule has 0 bridgehead atoms. The zero-order chi connectivity index (χ0) is 15.2. The first-order chi connectivity index (χ1) is 9.41. The van der Waals surface area contributed by atoms with Crippen molar-refractivity contribution < 1.29 is 14.3 Å². The van der Waals surface area contributed by atoms with Crippen molar-refractivity contribution in [2.24, 2.45) is 5.41 Å². The molecule has 0 saturated carbocycles. The van der Waals surface area contributed by atoms with E-state index < -0.39 is 5.41 Å². The summed E-state index contributed by atoms with van der Waals surface area (Å²) in [6, 6.07) is 6.97. The molecule has 0 heterocycles. The molecule has 2 N–H and O–H groups in total. The van der Waals surface area contributed by atoms with Crippen molar-refractivity contribution >= 4 is 17.5 Å². The Morgan fingerprint density at radius 1 is 1.15 bits per heavy atom. The largest absolute Gasteiger partial charge is 0.497 e. The summed E-state index contributed by atoms with van der Waals surface area (Å²) in [7, 11) is 1.58. The van der Waals surface area contributed by atoms with Crippen LogP contribution in [0.3, 0.4) is 0 Å². The lowest BCUT2D eigenvalue weighted by Gasteiger charge is -2.22. The molecule has 0 unspecified atom stereocenters. The van der Waals surface area contributed by atoms with Crippen molar-refractivity contribution in [3.05, 3.63) is 24.3 Å². The van der Waals surface area contributed by atoms with Gasteiger partial charge >= 0.3 is 0 Å². The molecule has 5 heteroatoms. The number of rotatable bonds is 6. The summed E-state index contributed by atoms with van der Waals surface area (Å²) in [5, 5.41) is 5.47. The van der Waals surface area contributed by atoms with Crippen molar-refractivity contribution in [2.75, 3.05) is 19.0 Å². The molecule has 0 spiro atoms. The van der Waals surface area contributed by atoms with E-state index >= 15 is 0 Å². The van der Waals surface area contributed by atoms with Crippen LogP contribution < -0.4 is 15.4 Å². The van der Waals surface area contributed by atoms with Gasteiger partial charge < -0.3 is 15.4 Å². The summed E-state index contributed by atoms with van der Waals surface area (Å²) < 4.78 is 5.05. The van der Waals surface area contributed by atoms with Crippen LogP contribution in [0.5, 0.6) is 5.75 Å². The Kier molecular flexibility index (Phi) is 5.55. The van der Waals surface area contributed by atoms with Crippen molar-refractivity contribution in [2.45, 2.75) is 27.2 Å². The first-order valence-corrected chi connectivity index (χ1v) is 6.65. The highest BCUT2D eigenvalue weighted by molar-refractivity contribution is 6.09. The summed E-state index contributed by atoms with van der Waals surface area (Å²) in [5.41, 5.74) is -0.484. The van der Waals surface area contributed by atoms with Gasteiger partial charge in [-0.05, 0) is 44.5 Å². The molecule has 1 aromatic carbocycles. The van der Waals surface area contributed by atoms with Crippen molar-refractivity contribution in [3.8, 4) is 5.75 Å². The number of nitrogens with one attached hydrogen (secondary N) is 2. The van der Waals surface area contributed by atoms with Crippen molar-refractivity contribution in [1.29, 1.82) is 0 Å². The Hall–Kier alpha value is -2.04. The molecule has 0 aliphatic carbocycles. The minimum absolute atomic E-state index is 0.273. The van der Waals surface area contributed by atoms with Gasteiger partial charge in [-0.15, -0.1) is 0 Å². The number of methoxy groups -OCH3 is 1. The lowest BCUT2D eigenvalue weighted by molar-refractivity contribution is -0.138. The molecule has 0 saturated heterocycles. The summed E-state index contributed by atoms with van der Waals surface area (Å²) in [6.45, 7) is 5.75. The minimum atomic E-state index is -1.12. The highest BCUT2D eigenvalue weighted by atomic mass is 16.5. The van der Waals surface area contributed by atoms with Crippen LogP contribution in [0.2, 0.25) is 0 Å². The molecule has 110 valence electrons. The highest BCUT2D eigenvalue weighted by Gasteiger charge is 2.35. The standard InChI is InChI=1S/C15H22N2O3/c1-5-10-16-13(18)15(2,3)14(19)17-11-6-8-12(20-4)9-7-11/h6-9H,5,10H2,1-4H3,(H,16,18)(H,17,19). The molecule has 0 atom stereocenters. The third kappa shape index (κ3) is 3.98. The normalized spacial score (nSPS) is 10.8. The Morgan fingerprint density at radius 3 is 2.25 bits per heavy atom. The van der Waals surface area contributed by atoms with Crippen LogP contribution in [0.25, 0.3) is 0 Å². The third-order valence-corrected chi connectivity index (χ3v) is 3.02. The number of hydrogen-bond acceptors (Lipinski definition) is 3. The second kappa shape index (κ2) is 6.93. The summed E-state index contributed by atoms with van der Waals surface area (Å²) in [6.07, 6.45) is 0.835. The number of carbonyl (C=O) groups excluding carboxylic acids is 2. The number of benzene rings is 1. The molecule has 1 aromatic rings. The van der Waals surface area contributed by atoms with E-state index in [4.69, 9.17) is 4.74 Å². The zero-order valence-corrected chi connectivity index (χ0v) is 12.4. The molecule has 0 aliphatic rings. The van der Waals surface area contributed by atoms with E-state index in [-0.39, 0.29) is 11.8 Å². The van der Waals surface area contributed by atoms with Crippen molar-refractivity contribution in [1.82, 2.24) is 5.32 Å². The fraction of sp³-hybridized carbons (Fsp3) is 0.467. The zero-order valence-electron chi connectivity index (χ0n) is 12.4. The highest BCUT2D eigenvalue weighted by Crippen LogP contribution is 2.20. The molecule has 1 rings (SSSR count). The number of hydrogen-bond donors (Lipinski definition) is 2. The van der Waals surface area contributed by atoms with Crippen LogP contribution >= 0.6 is 0 Å². The molecule has 20 heavy (non-hydrogen) atoms. The second-order valence-electron chi connectivity index (χ2n) is 5.06. The van der Waals surface area contributed by atoms with Gasteiger partial charge in [0.05, 0.1) is 7.11 Å². The molecular formula is C15H22N2O3. The average Bonchev–Trinajstić information content (AvgIpc) is 2.45. The lowest BCUT2D eigenvalue weighted by Crippen LogP contribution is -2.45. The fourth-order valence-electron chi connectivity index (χ4n) is 1.52. The SMILES string of the molecule is CCCNC(=O)C(C)(C)C(=O)Nc1ccc(OC)cc1. The van der Waals surface area contributed by atoms with Gasteiger partial charge in [-0.2, -0.15) is 0 Å². The van der Waals surface area contributed by atoms with Crippen molar-refractivity contribution in [3.63, 3.8) is 0 Å². The predicted molar refractivity (Wildman–Crippen MR) is 78.7 cm³/mol. The van der Waals surface area contributed by atoms with Gasteiger partial charge in [0, 0.05) is 12.2 Å².